The first-order valence-corrected chi connectivity index (χ1v) is 10.1. The zero-order valence-corrected chi connectivity index (χ0v) is 16.5. The Morgan fingerprint density at radius 2 is 1.93 bits per heavy atom. The predicted octanol–water partition coefficient (Wildman–Crippen LogP) is 3.22. The minimum Gasteiger partial charge on any atom is -0.381 e. The molecule has 0 amide bonds. The van der Waals surface area contributed by atoms with Gasteiger partial charge in [-0.2, -0.15) is 9.67 Å². The average Bonchev–Trinajstić information content (AvgIpc) is 3.16. The lowest BCUT2D eigenvalue weighted by molar-refractivity contribution is -0.0650. The van der Waals surface area contributed by atoms with E-state index in [1.807, 2.05) is 0 Å². The summed E-state index contributed by atoms with van der Waals surface area (Å²) in [6.07, 6.45) is 9.05. The van der Waals surface area contributed by atoms with Gasteiger partial charge < -0.3 is 15.0 Å². The number of rotatable bonds is 5. The van der Waals surface area contributed by atoms with Gasteiger partial charge in [0.05, 0.1) is 19.4 Å². The molecule has 29 heavy (non-hydrogen) atoms. The summed E-state index contributed by atoms with van der Waals surface area (Å²) in [7, 11) is 0. The number of piperidine rings is 1. The van der Waals surface area contributed by atoms with E-state index in [9.17, 15) is 0 Å². The molecule has 2 fully saturated rings. The van der Waals surface area contributed by atoms with Crippen LogP contribution >= 0.6 is 0 Å². The van der Waals surface area contributed by atoms with Gasteiger partial charge in [0, 0.05) is 44.2 Å². The minimum absolute atomic E-state index is 0. The van der Waals surface area contributed by atoms with Crippen LogP contribution in [0.25, 0.3) is 5.82 Å². The van der Waals surface area contributed by atoms with Crippen molar-refractivity contribution in [3.63, 3.8) is 0 Å². The lowest BCUT2D eigenvalue weighted by Crippen LogP contribution is -2.42. The lowest BCUT2D eigenvalue weighted by atomic mass is 9.83. The van der Waals surface area contributed by atoms with Gasteiger partial charge in [0.15, 0.2) is 5.82 Å². The number of ether oxygens (including phenoxy) is 1. The Labute approximate surface area is 171 Å². The number of hydrogen-bond acceptors (Lipinski definition) is 7. The molecule has 3 aromatic rings. The molecule has 0 bridgehead atoms. The molecule has 5 rings (SSSR count). The highest BCUT2D eigenvalue weighted by atomic mass is 16.5. The second-order valence-electron chi connectivity index (χ2n) is 7.88. The molecular formula is C21H27N7O. The highest BCUT2D eigenvalue weighted by Gasteiger charge is 2.31. The SMILES string of the molecule is Cc1cc(Nc2ncn(-c3cnccn3)n2)cc(N2CCC(C3COC3)CC2)c1.[HH]. The standard InChI is InChI=1S/C21H25N7O.H2/c1-15-8-18(25-21-24-14-28(26-21)20-11-22-4-5-23-20)10-19(9-15)27-6-2-16(3-7-27)17-12-29-13-17;/h4-5,8-11,14,16-17H,2-3,6-7,12-13H2,1H3,(H,25,26);1H. The van der Waals surface area contributed by atoms with Crippen molar-refractivity contribution < 1.29 is 6.16 Å². The molecule has 0 spiro atoms. The van der Waals surface area contributed by atoms with E-state index in [0.717, 1.165) is 43.8 Å². The van der Waals surface area contributed by atoms with Gasteiger partial charge in [-0.15, -0.1) is 5.10 Å². The normalized spacial score (nSPS) is 17.9. The first-order valence-electron chi connectivity index (χ1n) is 10.1. The maximum absolute atomic E-state index is 5.37. The van der Waals surface area contributed by atoms with E-state index in [4.69, 9.17) is 4.74 Å². The molecule has 0 aliphatic carbocycles. The zero-order valence-electron chi connectivity index (χ0n) is 16.5. The molecule has 2 aliphatic heterocycles. The third-order valence-corrected chi connectivity index (χ3v) is 5.83. The van der Waals surface area contributed by atoms with Gasteiger partial charge >= 0.3 is 0 Å². The number of aryl methyl sites for hydroxylation is 1. The second kappa shape index (κ2) is 7.79. The quantitative estimate of drug-likeness (QED) is 0.713. The van der Waals surface area contributed by atoms with Crippen LogP contribution in [0.5, 0.6) is 0 Å². The average molecular weight is 393 g/mol. The van der Waals surface area contributed by atoms with Crippen LogP contribution in [0.1, 0.15) is 19.8 Å². The molecule has 2 aliphatic rings. The number of hydrogen-bond donors (Lipinski definition) is 1. The fraction of sp³-hybridized carbons (Fsp3) is 0.429. The summed E-state index contributed by atoms with van der Waals surface area (Å²) in [6.45, 7) is 6.24. The van der Waals surface area contributed by atoms with Crippen molar-refractivity contribution >= 4 is 17.3 Å². The van der Waals surface area contributed by atoms with Crippen molar-refractivity contribution in [2.75, 3.05) is 36.5 Å². The van der Waals surface area contributed by atoms with Gasteiger partial charge in [-0.3, -0.25) is 4.98 Å². The fourth-order valence-corrected chi connectivity index (χ4v) is 4.14. The van der Waals surface area contributed by atoms with Crippen LogP contribution < -0.4 is 10.2 Å². The molecule has 152 valence electrons. The van der Waals surface area contributed by atoms with Crippen molar-refractivity contribution in [2.45, 2.75) is 19.8 Å². The first kappa shape index (κ1) is 18.1. The Hall–Kier alpha value is -3.00. The molecule has 2 saturated heterocycles. The van der Waals surface area contributed by atoms with E-state index < -0.39 is 0 Å². The van der Waals surface area contributed by atoms with Crippen LogP contribution in [0, 0.1) is 18.8 Å². The summed E-state index contributed by atoms with van der Waals surface area (Å²) in [4.78, 5) is 15.2. The Bertz CT molecular complexity index is 968. The molecule has 0 atom stereocenters. The molecule has 8 heteroatoms. The fourth-order valence-electron chi connectivity index (χ4n) is 4.14. The first-order chi connectivity index (χ1) is 14.2. The van der Waals surface area contributed by atoms with Crippen LogP contribution in [0.4, 0.5) is 17.3 Å². The highest BCUT2D eigenvalue weighted by molar-refractivity contribution is 5.64. The van der Waals surface area contributed by atoms with Crippen LogP contribution in [0.3, 0.4) is 0 Å². The summed E-state index contributed by atoms with van der Waals surface area (Å²) >= 11 is 0. The largest absolute Gasteiger partial charge is 0.381 e. The van der Waals surface area contributed by atoms with Crippen molar-refractivity contribution in [3.05, 3.63) is 48.7 Å². The number of anilines is 3. The van der Waals surface area contributed by atoms with Gasteiger partial charge in [0.25, 0.3) is 0 Å². The molecule has 1 aromatic carbocycles. The Balaban J connectivity index is 0.00000218. The van der Waals surface area contributed by atoms with Crippen molar-refractivity contribution in [1.82, 2.24) is 24.7 Å². The van der Waals surface area contributed by atoms with E-state index in [1.165, 1.54) is 24.1 Å². The van der Waals surface area contributed by atoms with Gasteiger partial charge in [-0.25, -0.2) is 4.98 Å². The Kier molecular flexibility index (Phi) is 4.85. The van der Waals surface area contributed by atoms with E-state index >= 15 is 0 Å². The summed E-state index contributed by atoms with van der Waals surface area (Å²) in [5.74, 6) is 2.77. The molecule has 2 aromatic heterocycles. The van der Waals surface area contributed by atoms with Crippen LogP contribution in [0.2, 0.25) is 0 Å². The Morgan fingerprint density at radius 1 is 1.07 bits per heavy atom. The van der Waals surface area contributed by atoms with Gasteiger partial charge in [0.1, 0.15) is 6.33 Å². The number of benzene rings is 1. The molecule has 0 saturated carbocycles. The van der Waals surface area contributed by atoms with Crippen LogP contribution in [-0.4, -0.2) is 51.0 Å². The monoisotopic (exact) mass is 393 g/mol. The maximum Gasteiger partial charge on any atom is 0.247 e. The smallest absolute Gasteiger partial charge is 0.247 e. The summed E-state index contributed by atoms with van der Waals surface area (Å²) in [5.41, 5.74) is 3.46. The van der Waals surface area contributed by atoms with Crippen LogP contribution in [0.15, 0.2) is 43.1 Å². The third-order valence-electron chi connectivity index (χ3n) is 5.83. The summed E-state index contributed by atoms with van der Waals surface area (Å²) < 4.78 is 6.99. The van der Waals surface area contributed by atoms with E-state index in [0.29, 0.717) is 11.8 Å². The molecule has 4 heterocycles. The van der Waals surface area contributed by atoms with Crippen molar-refractivity contribution in [2.24, 2.45) is 11.8 Å². The van der Waals surface area contributed by atoms with E-state index in [2.05, 4.69) is 55.4 Å². The molecule has 8 nitrogen and oxygen atoms in total. The lowest BCUT2D eigenvalue weighted by Gasteiger charge is -2.40. The minimum atomic E-state index is 0. The number of nitrogens with one attached hydrogen (secondary N) is 1. The predicted molar refractivity (Wildman–Crippen MR) is 113 cm³/mol. The summed E-state index contributed by atoms with van der Waals surface area (Å²) in [6, 6.07) is 6.55. The maximum atomic E-state index is 5.37. The third kappa shape index (κ3) is 3.93. The highest BCUT2D eigenvalue weighted by Crippen LogP contribution is 2.33. The zero-order chi connectivity index (χ0) is 19.6. The molecule has 0 unspecified atom stereocenters. The molecular weight excluding hydrogens is 366 g/mol. The van der Waals surface area contributed by atoms with Crippen LogP contribution in [-0.2, 0) is 4.74 Å². The Morgan fingerprint density at radius 3 is 2.66 bits per heavy atom. The number of nitrogens with zero attached hydrogens (tertiary/aromatic N) is 6. The molecule has 1 N–H and O–H groups in total. The van der Waals surface area contributed by atoms with Gasteiger partial charge in [-0.05, 0) is 49.4 Å². The van der Waals surface area contributed by atoms with Gasteiger partial charge in [0.2, 0.25) is 5.95 Å². The topological polar surface area (TPSA) is 81.0 Å². The van der Waals surface area contributed by atoms with E-state index in [1.54, 1.807) is 29.6 Å². The van der Waals surface area contributed by atoms with Gasteiger partial charge in [-0.1, -0.05) is 0 Å². The summed E-state index contributed by atoms with van der Waals surface area (Å²) in [5, 5.41) is 7.78. The number of aromatic nitrogens is 5. The van der Waals surface area contributed by atoms with E-state index in [-0.39, 0.29) is 1.43 Å². The second-order valence-corrected chi connectivity index (χ2v) is 7.88. The van der Waals surface area contributed by atoms with Crippen molar-refractivity contribution in [3.8, 4) is 5.82 Å². The molecule has 0 radical (unpaired) electrons. The van der Waals surface area contributed by atoms with Crippen molar-refractivity contribution in [1.29, 1.82) is 0 Å².